The molecule has 3 aromatic heterocycles. The van der Waals surface area contributed by atoms with E-state index in [9.17, 15) is 0 Å². The van der Waals surface area contributed by atoms with Crippen LogP contribution >= 0.6 is 0 Å². The summed E-state index contributed by atoms with van der Waals surface area (Å²) in [5.74, 6) is -0.236. The van der Waals surface area contributed by atoms with Gasteiger partial charge in [-0.15, -0.1) is 0 Å². The van der Waals surface area contributed by atoms with Crippen LogP contribution in [0.2, 0.25) is 0 Å². The number of halogens is 1. The summed E-state index contributed by atoms with van der Waals surface area (Å²) in [6.45, 7) is 8.51. The van der Waals surface area contributed by atoms with E-state index in [0.29, 0.717) is 22.5 Å². The summed E-state index contributed by atoms with van der Waals surface area (Å²) in [4.78, 5) is 16.6. The van der Waals surface area contributed by atoms with Crippen LogP contribution in [0.15, 0.2) is 43.0 Å². The number of benzene rings is 1. The third kappa shape index (κ3) is 3.71. The maximum Gasteiger partial charge on any atom is 0.162 e. The first kappa shape index (κ1) is 21.4. The standard InChI is InChI=1S/C26H30FN7/c1-18-3-4-23-24(25(18)27)21(5-8-28-23)22-16-30-34-17-20(15-29-26(22)34)32-9-6-19(7-10-32)33-13-11-31(2)12-14-33/h3-5,8,15-17,19H,6-7,9-14H2,1-2H3. The van der Waals surface area contributed by atoms with Gasteiger partial charge in [-0.25, -0.2) is 13.9 Å². The van der Waals surface area contributed by atoms with Crippen LogP contribution in [-0.2, 0) is 0 Å². The van der Waals surface area contributed by atoms with Crippen molar-refractivity contribution in [2.45, 2.75) is 25.8 Å². The molecule has 4 aromatic rings. The van der Waals surface area contributed by atoms with Gasteiger partial charge in [-0.05, 0) is 44.5 Å². The van der Waals surface area contributed by atoms with E-state index in [1.54, 1.807) is 25.4 Å². The van der Waals surface area contributed by atoms with Crippen molar-refractivity contribution in [3.8, 4) is 11.1 Å². The summed E-state index contributed by atoms with van der Waals surface area (Å²) in [5.41, 5.74) is 4.64. The molecule has 0 N–H and O–H groups in total. The van der Waals surface area contributed by atoms with Crippen molar-refractivity contribution in [1.29, 1.82) is 0 Å². The molecule has 2 aliphatic rings. The Morgan fingerprint density at radius 3 is 2.50 bits per heavy atom. The van der Waals surface area contributed by atoms with Crippen LogP contribution in [0.3, 0.4) is 0 Å². The maximum absolute atomic E-state index is 15.0. The molecule has 6 rings (SSSR count). The Morgan fingerprint density at radius 2 is 1.71 bits per heavy atom. The third-order valence-corrected chi connectivity index (χ3v) is 7.55. The summed E-state index contributed by atoms with van der Waals surface area (Å²) >= 11 is 0. The summed E-state index contributed by atoms with van der Waals surface area (Å²) in [5, 5.41) is 5.10. The average Bonchev–Trinajstić information content (AvgIpc) is 3.30. The van der Waals surface area contributed by atoms with Gasteiger partial charge in [-0.1, -0.05) is 6.07 Å². The van der Waals surface area contributed by atoms with E-state index in [0.717, 1.165) is 35.6 Å². The maximum atomic E-state index is 15.0. The van der Waals surface area contributed by atoms with Crippen molar-refractivity contribution in [3.05, 3.63) is 54.4 Å². The van der Waals surface area contributed by atoms with Crippen molar-refractivity contribution >= 4 is 22.2 Å². The summed E-state index contributed by atoms with van der Waals surface area (Å²) in [6, 6.07) is 6.15. The van der Waals surface area contributed by atoms with Crippen LogP contribution in [0.1, 0.15) is 18.4 Å². The number of piperazine rings is 1. The number of rotatable bonds is 3. The van der Waals surface area contributed by atoms with Gasteiger partial charge < -0.3 is 9.80 Å². The van der Waals surface area contributed by atoms with E-state index in [1.807, 2.05) is 29.0 Å². The molecule has 0 radical (unpaired) electrons. The quantitative estimate of drug-likeness (QED) is 0.467. The van der Waals surface area contributed by atoms with Gasteiger partial charge in [0.25, 0.3) is 0 Å². The minimum absolute atomic E-state index is 0.236. The van der Waals surface area contributed by atoms with E-state index in [4.69, 9.17) is 4.98 Å². The van der Waals surface area contributed by atoms with Gasteiger partial charge in [0.2, 0.25) is 0 Å². The fourth-order valence-electron chi connectivity index (χ4n) is 5.43. The van der Waals surface area contributed by atoms with Gasteiger partial charge in [-0.3, -0.25) is 9.88 Å². The third-order valence-electron chi connectivity index (χ3n) is 7.55. The minimum atomic E-state index is -0.236. The van der Waals surface area contributed by atoms with Crippen LogP contribution in [0, 0.1) is 12.7 Å². The molecule has 0 aliphatic carbocycles. The molecule has 8 heteroatoms. The predicted octanol–water partition coefficient (Wildman–Crippen LogP) is 3.61. The molecule has 0 unspecified atom stereocenters. The molecule has 0 saturated carbocycles. The number of piperidine rings is 1. The van der Waals surface area contributed by atoms with Crippen LogP contribution < -0.4 is 4.90 Å². The normalized spacial score (nSPS) is 18.9. The molecule has 2 saturated heterocycles. The highest BCUT2D eigenvalue weighted by atomic mass is 19.1. The smallest absolute Gasteiger partial charge is 0.162 e. The zero-order chi connectivity index (χ0) is 23.2. The van der Waals surface area contributed by atoms with Gasteiger partial charge in [0.05, 0.1) is 29.8 Å². The molecule has 176 valence electrons. The number of fused-ring (bicyclic) bond motifs is 2. The molecule has 5 heterocycles. The Hall–Kier alpha value is -3.10. The predicted molar refractivity (Wildman–Crippen MR) is 133 cm³/mol. The lowest BCUT2D eigenvalue weighted by atomic mass is 10.0. The summed E-state index contributed by atoms with van der Waals surface area (Å²) < 4.78 is 16.9. The SMILES string of the molecule is Cc1ccc2nccc(-c3cnn4cc(N5CCC(N6CCN(C)CC6)CC5)cnc34)c2c1F. The number of hydrogen-bond acceptors (Lipinski definition) is 6. The van der Waals surface area contributed by atoms with E-state index in [-0.39, 0.29) is 5.82 Å². The number of pyridine rings is 1. The Kier molecular flexibility index (Phi) is 5.42. The second-order valence-electron chi connectivity index (χ2n) is 9.65. The number of hydrogen-bond donors (Lipinski definition) is 0. The topological polar surface area (TPSA) is 52.8 Å². The van der Waals surface area contributed by atoms with Crippen LogP contribution in [0.5, 0.6) is 0 Å². The van der Waals surface area contributed by atoms with Gasteiger partial charge in [0, 0.05) is 68.0 Å². The highest BCUT2D eigenvalue weighted by molar-refractivity contribution is 5.98. The number of nitrogens with zero attached hydrogens (tertiary/aromatic N) is 7. The molecule has 0 spiro atoms. The molecule has 0 bridgehead atoms. The number of aryl methyl sites for hydroxylation is 1. The lowest BCUT2D eigenvalue weighted by Crippen LogP contribution is -2.52. The first-order valence-electron chi connectivity index (χ1n) is 12.1. The molecule has 34 heavy (non-hydrogen) atoms. The van der Waals surface area contributed by atoms with E-state index in [2.05, 4.69) is 31.8 Å². The first-order chi connectivity index (χ1) is 16.6. The minimum Gasteiger partial charge on any atom is -0.369 e. The lowest BCUT2D eigenvalue weighted by Gasteiger charge is -2.42. The number of likely N-dealkylation sites (N-methyl/N-ethyl adjacent to an activating group) is 1. The monoisotopic (exact) mass is 459 g/mol. The van der Waals surface area contributed by atoms with Gasteiger partial charge in [0.15, 0.2) is 5.65 Å². The largest absolute Gasteiger partial charge is 0.369 e. The lowest BCUT2D eigenvalue weighted by molar-refractivity contribution is 0.0982. The molecule has 0 atom stereocenters. The molecular formula is C26H30FN7. The Labute approximate surface area is 198 Å². The number of aromatic nitrogens is 4. The van der Waals surface area contributed by atoms with Crippen molar-refractivity contribution < 1.29 is 4.39 Å². The second kappa shape index (κ2) is 8.60. The Balaban J connectivity index is 1.25. The van der Waals surface area contributed by atoms with Crippen molar-refractivity contribution in [3.63, 3.8) is 0 Å². The highest BCUT2D eigenvalue weighted by Crippen LogP contribution is 2.33. The fourth-order valence-corrected chi connectivity index (χ4v) is 5.43. The molecule has 0 amide bonds. The van der Waals surface area contributed by atoms with Gasteiger partial charge in [-0.2, -0.15) is 5.10 Å². The molecular weight excluding hydrogens is 429 g/mol. The van der Waals surface area contributed by atoms with Crippen molar-refractivity contribution in [2.24, 2.45) is 0 Å². The van der Waals surface area contributed by atoms with Crippen molar-refractivity contribution in [2.75, 3.05) is 51.2 Å². The molecule has 2 fully saturated rings. The van der Waals surface area contributed by atoms with Gasteiger partial charge >= 0.3 is 0 Å². The zero-order valence-electron chi connectivity index (χ0n) is 19.8. The molecule has 7 nitrogen and oxygen atoms in total. The Bertz CT molecular complexity index is 1330. The average molecular weight is 460 g/mol. The molecule has 1 aromatic carbocycles. The van der Waals surface area contributed by atoms with E-state index in [1.165, 1.54) is 39.0 Å². The van der Waals surface area contributed by atoms with Crippen LogP contribution in [0.4, 0.5) is 10.1 Å². The first-order valence-corrected chi connectivity index (χ1v) is 12.1. The number of anilines is 1. The summed E-state index contributed by atoms with van der Waals surface area (Å²) in [6.07, 6.45) is 9.83. The molecule has 2 aliphatic heterocycles. The van der Waals surface area contributed by atoms with Gasteiger partial charge in [0.1, 0.15) is 5.82 Å². The van der Waals surface area contributed by atoms with E-state index < -0.39 is 0 Å². The highest BCUT2D eigenvalue weighted by Gasteiger charge is 2.27. The van der Waals surface area contributed by atoms with Crippen molar-refractivity contribution in [1.82, 2.24) is 29.4 Å². The second-order valence-corrected chi connectivity index (χ2v) is 9.65. The Morgan fingerprint density at radius 1 is 0.912 bits per heavy atom. The zero-order valence-corrected chi connectivity index (χ0v) is 19.8. The van der Waals surface area contributed by atoms with Crippen LogP contribution in [0.25, 0.3) is 27.7 Å². The van der Waals surface area contributed by atoms with Crippen LogP contribution in [-0.4, -0.2) is 81.7 Å². The van der Waals surface area contributed by atoms with E-state index >= 15 is 4.39 Å². The summed E-state index contributed by atoms with van der Waals surface area (Å²) in [7, 11) is 2.21. The fraction of sp³-hybridized carbons (Fsp3) is 0.423.